The zero-order chi connectivity index (χ0) is 25.1. The second-order valence-electron chi connectivity index (χ2n) is 6.28. The van der Waals surface area contributed by atoms with Crippen molar-refractivity contribution >= 4 is 22.7 Å². The Labute approximate surface area is 212 Å². The van der Waals surface area contributed by atoms with Crippen molar-refractivity contribution in [3.63, 3.8) is 0 Å². The maximum atomic E-state index is 11.1. The van der Waals surface area contributed by atoms with Gasteiger partial charge in [0.2, 0.25) is 0 Å². The first-order chi connectivity index (χ1) is 15.1. The van der Waals surface area contributed by atoms with Gasteiger partial charge in [0.05, 0.1) is 0 Å². The Balaban J connectivity index is -0.000000430. The molecule has 0 atom stereocenters. The van der Waals surface area contributed by atoms with Gasteiger partial charge in [-0.3, -0.25) is 9.59 Å². The Morgan fingerprint density at radius 1 is 0.606 bits per heavy atom. The Morgan fingerprint density at radius 2 is 0.818 bits per heavy atom. The largest absolute Gasteiger partial charge is 0.875 e. The summed E-state index contributed by atoms with van der Waals surface area (Å²) in [6.45, 7) is 8.76. The van der Waals surface area contributed by atoms with Gasteiger partial charge in [0.25, 0.3) is 0 Å². The number of hydrogen-bond donors (Lipinski definition) is 0. The number of benzene rings is 2. The van der Waals surface area contributed by atoms with Crippen molar-refractivity contribution in [2.45, 2.75) is 41.5 Å². The molecular weight excluding hydrogens is 456 g/mol. The van der Waals surface area contributed by atoms with Crippen molar-refractivity contribution in [2.75, 3.05) is 13.2 Å². The van der Waals surface area contributed by atoms with E-state index < -0.39 is 0 Å². The van der Waals surface area contributed by atoms with Crippen molar-refractivity contribution in [3.8, 4) is 0 Å². The smallest absolute Gasteiger partial charge is 0.159 e. The number of allylic oxidation sites excluding steroid dienone is 4. The van der Waals surface area contributed by atoms with E-state index in [9.17, 15) is 19.8 Å². The summed E-state index contributed by atoms with van der Waals surface area (Å²) in [5.41, 5.74) is 1.95. The predicted molar refractivity (Wildman–Crippen MR) is 121 cm³/mol. The summed E-state index contributed by atoms with van der Waals surface area (Å²) >= 11 is 0. The molecule has 0 aliphatic carbocycles. The third-order valence-electron chi connectivity index (χ3n) is 3.53. The van der Waals surface area contributed by atoms with Crippen LogP contribution in [-0.4, -0.2) is 24.8 Å². The summed E-state index contributed by atoms with van der Waals surface area (Å²) in [4.78, 5) is 22.3. The fourth-order valence-electron chi connectivity index (χ4n) is 2.52. The molecule has 180 valence electrons. The first-order valence-electron chi connectivity index (χ1n) is 10.1. The molecule has 0 aliphatic rings. The van der Waals surface area contributed by atoms with Crippen LogP contribution in [0.15, 0.2) is 72.2 Å². The van der Waals surface area contributed by atoms with Gasteiger partial charge >= 0.3 is 0 Å². The molecule has 0 heterocycles. The third-order valence-corrected chi connectivity index (χ3v) is 3.53. The fourth-order valence-corrected chi connectivity index (χ4v) is 2.52. The normalized spacial score (nSPS) is 10.7. The summed E-state index contributed by atoms with van der Waals surface area (Å²) in [6, 6.07) is 18.0. The summed E-state index contributed by atoms with van der Waals surface area (Å²) in [7, 11) is 0. The Morgan fingerprint density at radius 3 is 0.970 bits per heavy atom. The summed E-state index contributed by atoms with van der Waals surface area (Å²) in [5, 5.41) is 40.1. The Kier molecular flexibility index (Phi) is 22.7. The molecule has 7 heteroatoms. The topological polar surface area (TPSA) is 126 Å². The van der Waals surface area contributed by atoms with Gasteiger partial charge < -0.3 is 20.4 Å². The second-order valence-corrected chi connectivity index (χ2v) is 6.28. The number of Topliss-reactive ketones (excluding diaryl/α,β-unsaturated/α-hetero) is 2. The number of hydrogen-bond acceptors (Lipinski definition) is 6. The quantitative estimate of drug-likeness (QED) is 0.364. The molecule has 0 spiro atoms. The summed E-state index contributed by atoms with van der Waals surface area (Å²) < 4.78 is 0. The molecule has 0 radical (unpaired) electrons. The monoisotopic (exact) mass is 488 g/mol. The van der Waals surface area contributed by atoms with Crippen LogP contribution in [0.2, 0.25) is 0 Å². The molecule has 0 amide bonds. The van der Waals surface area contributed by atoms with Crippen LogP contribution in [0.4, 0.5) is 0 Å². The molecule has 2 aromatic rings. The van der Waals surface area contributed by atoms with E-state index in [-0.39, 0.29) is 69.2 Å². The van der Waals surface area contributed by atoms with E-state index in [2.05, 4.69) is 0 Å². The molecule has 2 aromatic carbocycles. The first-order valence-corrected chi connectivity index (χ1v) is 10.1. The predicted octanol–water partition coefficient (Wildman–Crippen LogP) is 1.46. The number of rotatable bonds is 4. The van der Waals surface area contributed by atoms with Crippen LogP contribution in [0, 0.1) is 0 Å². The van der Waals surface area contributed by atoms with Crippen LogP contribution in [0.1, 0.15) is 52.7 Å². The second kappa shape index (κ2) is 21.3. The van der Waals surface area contributed by atoms with Gasteiger partial charge in [-0.1, -0.05) is 88.4 Å². The van der Waals surface area contributed by atoms with Crippen molar-refractivity contribution in [1.29, 1.82) is 0 Å². The molecule has 0 bridgehead atoms. The van der Waals surface area contributed by atoms with E-state index in [1.54, 1.807) is 62.4 Å². The summed E-state index contributed by atoms with van der Waals surface area (Å²) in [6.07, 6.45) is 0. The van der Waals surface area contributed by atoms with Gasteiger partial charge in [-0.25, -0.2) is 0 Å². The first kappa shape index (κ1) is 35.1. The van der Waals surface area contributed by atoms with E-state index in [4.69, 9.17) is 10.2 Å². The number of carbonyl (C=O) groups is 2. The van der Waals surface area contributed by atoms with Crippen LogP contribution in [0.25, 0.3) is 11.1 Å². The maximum Gasteiger partial charge on any atom is 0.159 e. The van der Waals surface area contributed by atoms with Crippen molar-refractivity contribution < 1.29 is 51.7 Å². The van der Waals surface area contributed by atoms with Crippen LogP contribution < -0.4 is 20.4 Å². The standard InChI is InChI=1S/2C11H12O2.2C2H5O.Ti/c2*1-8(12)11(9(2)13)10-6-4-3-5-7-10;2*1-2-3;/h2*3-7,12H,1-2H3;2*2H2,1H3;/q;;2*-1;/p-2/b2*11-8+;;;. The van der Waals surface area contributed by atoms with Gasteiger partial charge in [-0.2, -0.15) is 0 Å². The molecule has 0 saturated heterocycles. The van der Waals surface area contributed by atoms with Gasteiger partial charge in [-0.15, -0.1) is 24.7 Å². The average molecular weight is 488 g/mol. The van der Waals surface area contributed by atoms with Crippen LogP contribution in [-0.2, 0) is 31.3 Å². The molecule has 0 fully saturated rings. The molecule has 33 heavy (non-hydrogen) atoms. The van der Waals surface area contributed by atoms with E-state index in [0.717, 1.165) is 0 Å². The van der Waals surface area contributed by atoms with Gasteiger partial charge in [0.1, 0.15) is 0 Å². The van der Waals surface area contributed by atoms with E-state index in [1.165, 1.54) is 27.7 Å². The fraction of sp³-hybridized carbons (Fsp3) is 0.308. The van der Waals surface area contributed by atoms with Gasteiger partial charge in [0, 0.05) is 32.9 Å². The average Bonchev–Trinajstić information content (AvgIpc) is 2.70. The number of carbonyl (C=O) groups excluding carboxylic acids is 2. The molecule has 6 nitrogen and oxygen atoms in total. The molecule has 0 aromatic heterocycles. The van der Waals surface area contributed by atoms with Crippen molar-refractivity contribution in [2.24, 2.45) is 0 Å². The van der Waals surface area contributed by atoms with Crippen LogP contribution >= 0.6 is 0 Å². The number of ketones is 2. The molecule has 0 unspecified atom stereocenters. The maximum absolute atomic E-state index is 11.1. The summed E-state index contributed by atoms with van der Waals surface area (Å²) in [5.74, 6) is -0.727. The molecule has 2 rings (SSSR count). The van der Waals surface area contributed by atoms with E-state index >= 15 is 0 Å². The molecule has 0 aliphatic heterocycles. The van der Waals surface area contributed by atoms with Crippen LogP contribution in [0.3, 0.4) is 0 Å². The third kappa shape index (κ3) is 15.9. The minimum atomic E-state index is -0.182. The molecular formula is C26H32O6Ti-4. The van der Waals surface area contributed by atoms with Gasteiger partial charge in [0.15, 0.2) is 11.6 Å². The Bertz CT molecular complexity index is 777. The van der Waals surface area contributed by atoms with Crippen molar-refractivity contribution in [1.82, 2.24) is 0 Å². The molecule has 0 N–H and O–H groups in total. The zero-order valence-corrected chi connectivity index (χ0v) is 21.7. The van der Waals surface area contributed by atoms with Gasteiger partial charge in [-0.05, 0) is 25.0 Å². The Hall–Kier alpha value is -2.51. The molecule has 0 saturated carbocycles. The van der Waals surface area contributed by atoms with Crippen LogP contribution in [0.5, 0.6) is 0 Å². The zero-order valence-electron chi connectivity index (χ0n) is 20.1. The SMILES string of the molecule is CC(=O)/C(=C(/C)[O-])c1ccccc1.CC(=O)/C(=C(/C)[O-])c1ccccc1.CC[O-].CC[O-].[Ti]. The van der Waals surface area contributed by atoms with Crippen molar-refractivity contribution in [3.05, 3.63) is 83.3 Å². The van der Waals surface area contributed by atoms with E-state index in [0.29, 0.717) is 11.1 Å². The van der Waals surface area contributed by atoms with E-state index in [1.807, 2.05) is 12.1 Å². The minimum absolute atomic E-state index is 0. The minimum Gasteiger partial charge on any atom is -0.875 e.